The lowest BCUT2D eigenvalue weighted by Gasteiger charge is -2.33. The maximum Gasteiger partial charge on any atom is 0.146 e. The Balaban J connectivity index is 1.53. The molecule has 2 heterocycles. The first-order valence-electron chi connectivity index (χ1n) is 13.3. The van der Waals surface area contributed by atoms with Gasteiger partial charge in [0.25, 0.3) is 0 Å². The van der Waals surface area contributed by atoms with E-state index in [1.165, 1.54) is 27.6 Å². The summed E-state index contributed by atoms with van der Waals surface area (Å²) in [6.07, 6.45) is 2.65. The number of hydrogen-bond acceptors (Lipinski definition) is 6. The quantitative estimate of drug-likeness (QED) is 0.277. The summed E-state index contributed by atoms with van der Waals surface area (Å²) in [7, 11) is 5.04. The highest BCUT2D eigenvalue weighted by molar-refractivity contribution is 6.04. The second kappa shape index (κ2) is 10.9. The third kappa shape index (κ3) is 4.88. The summed E-state index contributed by atoms with van der Waals surface area (Å²) in [4.78, 5) is 2.40. The molecule has 0 aliphatic carbocycles. The Bertz CT molecular complexity index is 1520. The van der Waals surface area contributed by atoms with Crippen molar-refractivity contribution in [1.82, 2.24) is 0 Å². The molecule has 1 saturated heterocycles. The molecule has 4 aromatic carbocycles. The Labute approximate surface area is 229 Å². The molecule has 0 bridgehead atoms. The van der Waals surface area contributed by atoms with Gasteiger partial charge < -0.3 is 28.6 Å². The van der Waals surface area contributed by atoms with E-state index in [1.807, 2.05) is 30.3 Å². The van der Waals surface area contributed by atoms with Crippen molar-refractivity contribution in [3.63, 3.8) is 0 Å². The van der Waals surface area contributed by atoms with E-state index in [1.54, 1.807) is 21.3 Å². The number of morpholine rings is 1. The molecule has 1 fully saturated rings. The molecule has 0 spiro atoms. The van der Waals surface area contributed by atoms with Gasteiger partial charge in [0, 0.05) is 47.4 Å². The van der Waals surface area contributed by atoms with Crippen LogP contribution in [0.4, 0.5) is 5.69 Å². The van der Waals surface area contributed by atoms with Crippen molar-refractivity contribution in [2.45, 2.75) is 12.5 Å². The first-order chi connectivity index (χ1) is 19.2. The summed E-state index contributed by atoms with van der Waals surface area (Å²) < 4.78 is 29.2. The van der Waals surface area contributed by atoms with Crippen molar-refractivity contribution >= 4 is 22.0 Å². The minimum atomic E-state index is -0.322. The lowest BCUT2D eigenvalue weighted by atomic mass is 9.88. The average Bonchev–Trinajstić information content (AvgIpc) is 3.00. The lowest BCUT2D eigenvalue weighted by molar-refractivity contribution is 0.123. The van der Waals surface area contributed by atoms with Crippen LogP contribution in [0, 0.1) is 0 Å². The van der Waals surface area contributed by atoms with Crippen LogP contribution in [-0.2, 0) is 11.2 Å². The van der Waals surface area contributed by atoms with Crippen LogP contribution in [-0.4, -0.2) is 47.6 Å². The summed E-state index contributed by atoms with van der Waals surface area (Å²) >= 11 is 0. The summed E-state index contributed by atoms with van der Waals surface area (Å²) in [6.45, 7) is 3.15. The molecule has 2 aliphatic rings. The van der Waals surface area contributed by atoms with E-state index in [2.05, 4.69) is 53.4 Å². The molecular weight excluding hydrogens is 490 g/mol. The van der Waals surface area contributed by atoms with Crippen LogP contribution < -0.4 is 23.8 Å². The van der Waals surface area contributed by atoms with Gasteiger partial charge in [-0.2, -0.15) is 0 Å². The van der Waals surface area contributed by atoms with Crippen LogP contribution in [0.25, 0.3) is 16.3 Å². The fourth-order valence-corrected chi connectivity index (χ4v) is 5.61. The predicted molar refractivity (Wildman–Crippen MR) is 155 cm³/mol. The van der Waals surface area contributed by atoms with E-state index in [9.17, 15) is 0 Å². The molecule has 6 rings (SSSR count). The van der Waals surface area contributed by atoms with E-state index in [-0.39, 0.29) is 6.10 Å². The normalized spacial score (nSPS) is 16.7. The van der Waals surface area contributed by atoms with Crippen LogP contribution in [0.5, 0.6) is 23.0 Å². The Hall–Kier alpha value is -4.16. The number of allylic oxidation sites excluding steroid dienone is 1. The van der Waals surface area contributed by atoms with Gasteiger partial charge in [0.15, 0.2) is 0 Å². The maximum absolute atomic E-state index is 6.81. The zero-order valence-corrected chi connectivity index (χ0v) is 22.6. The second-order valence-corrected chi connectivity index (χ2v) is 9.78. The number of benzene rings is 4. The average molecular weight is 524 g/mol. The Morgan fingerprint density at radius 3 is 2.33 bits per heavy atom. The largest absolute Gasteiger partial charge is 0.497 e. The topological polar surface area (TPSA) is 49.4 Å². The fraction of sp³-hybridized carbons (Fsp3) is 0.273. The van der Waals surface area contributed by atoms with Crippen LogP contribution in [0.3, 0.4) is 0 Å². The Morgan fingerprint density at radius 2 is 1.56 bits per heavy atom. The molecule has 1 atom stereocenters. The monoisotopic (exact) mass is 523 g/mol. The summed E-state index contributed by atoms with van der Waals surface area (Å²) in [6, 6.07) is 25.0. The number of rotatable bonds is 7. The van der Waals surface area contributed by atoms with Crippen LogP contribution in [0.2, 0.25) is 0 Å². The van der Waals surface area contributed by atoms with Gasteiger partial charge in [-0.1, -0.05) is 36.4 Å². The lowest BCUT2D eigenvalue weighted by Crippen LogP contribution is -2.36. The van der Waals surface area contributed by atoms with Gasteiger partial charge in [0.1, 0.15) is 29.1 Å². The summed E-state index contributed by atoms with van der Waals surface area (Å²) in [5.41, 5.74) is 5.64. The standard InChI is InChI=1S/C33H33NO5/c1-35-24-8-6-7-22(18-24)17-23-19-31(28-12-11-25(36-2)20-30(28)37-3)39-32-21-29(34-13-15-38-16-14-34)26-9-4-5-10-27(26)33(23)32/h4-12,18-21,31H,13-17H2,1-3H3. The van der Waals surface area contributed by atoms with Crippen molar-refractivity contribution < 1.29 is 23.7 Å². The van der Waals surface area contributed by atoms with E-state index >= 15 is 0 Å². The number of fused-ring (bicyclic) bond motifs is 3. The fourth-order valence-electron chi connectivity index (χ4n) is 5.61. The second-order valence-electron chi connectivity index (χ2n) is 9.78. The Kier molecular flexibility index (Phi) is 7.03. The molecule has 2 aliphatic heterocycles. The van der Waals surface area contributed by atoms with Crippen LogP contribution in [0.15, 0.2) is 78.9 Å². The first kappa shape index (κ1) is 25.1. The van der Waals surface area contributed by atoms with E-state index in [0.29, 0.717) is 0 Å². The van der Waals surface area contributed by atoms with E-state index in [0.717, 1.165) is 66.8 Å². The molecule has 0 aromatic heterocycles. The third-order valence-electron chi connectivity index (χ3n) is 7.54. The van der Waals surface area contributed by atoms with Gasteiger partial charge in [0.2, 0.25) is 0 Å². The third-order valence-corrected chi connectivity index (χ3v) is 7.54. The zero-order chi connectivity index (χ0) is 26.8. The molecule has 0 amide bonds. The highest BCUT2D eigenvalue weighted by Gasteiger charge is 2.29. The highest BCUT2D eigenvalue weighted by Crippen LogP contribution is 2.47. The number of anilines is 1. The predicted octanol–water partition coefficient (Wildman–Crippen LogP) is 6.46. The molecule has 0 radical (unpaired) electrons. The van der Waals surface area contributed by atoms with Crippen molar-refractivity contribution in [3.05, 3.63) is 95.6 Å². The highest BCUT2D eigenvalue weighted by atomic mass is 16.5. The molecule has 6 nitrogen and oxygen atoms in total. The zero-order valence-electron chi connectivity index (χ0n) is 22.6. The maximum atomic E-state index is 6.81. The van der Waals surface area contributed by atoms with Gasteiger partial charge in [-0.25, -0.2) is 0 Å². The molecule has 0 saturated carbocycles. The minimum Gasteiger partial charge on any atom is -0.497 e. The Morgan fingerprint density at radius 1 is 0.795 bits per heavy atom. The SMILES string of the molecule is COc1cccc(CC2=CC(c3ccc(OC)cc3OC)Oc3cc(N4CCOCC4)c4ccccc4c32)c1. The van der Waals surface area contributed by atoms with E-state index < -0.39 is 0 Å². The molecule has 6 heteroatoms. The number of nitrogens with zero attached hydrogens (tertiary/aromatic N) is 1. The molecular formula is C33H33NO5. The van der Waals surface area contributed by atoms with Gasteiger partial charge in [-0.15, -0.1) is 0 Å². The van der Waals surface area contributed by atoms with Crippen molar-refractivity contribution in [2.75, 3.05) is 52.5 Å². The molecule has 39 heavy (non-hydrogen) atoms. The van der Waals surface area contributed by atoms with Crippen molar-refractivity contribution in [1.29, 1.82) is 0 Å². The van der Waals surface area contributed by atoms with Crippen molar-refractivity contribution in [3.8, 4) is 23.0 Å². The van der Waals surface area contributed by atoms with Crippen molar-refractivity contribution in [2.24, 2.45) is 0 Å². The van der Waals surface area contributed by atoms with Crippen LogP contribution >= 0.6 is 0 Å². The summed E-state index contributed by atoms with van der Waals surface area (Å²) in [5.74, 6) is 3.20. The minimum absolute atomic E-state index is 0.322. The summed E-state index contributed by atoms with van der Waals surface area (Å²) in [5, 5.41) is 2.41. The van der Waals surface area contributed by atoms with Gasteiger partial charge in [0.05, 0.1) is 34.5 Å². The molecule has 0 N–H and O–H groups in total. The molecule has 200 valence electrons. The molecule has 1 unspecified atom stereocenters. The number of hydrogen-bond donors (Lipinski definition) is 0. The van der Waals surface area contributed by atoms with Crippen LogP contribution in [0.1, 0.15) is 22.8 Å². The van der Waals surface area contributed by atoms with Gasteiger partial charge in [-0.3, -0.25) is 0 Å². The number of methoxy groups -OCH3 is 3. The number of ether oxygens (including phenoxy) is 5. The molecule has 4 aromatic rings. The van der Waals surface area contributed by atoms with Gasteiger partial charge >= 0.3 is 0 Å². The first-order valence-corrected chi connectivity index (χ1v) is 13.3. The van der Waals surface area contributed by atoms with E-state index in [4.69, 9.17) is 23.7 Å². The smallest absolute Gasteiger partial charge is 0.146 e. The van der Waals surface area contributed by atoms with Gasteiger partial charge in [-0.05, 0) is 53.3 Å².